The summed E-state index contributed by atoms with van der Waals surface area (Å²) in [6.45, 7) is 7.39. The molecule has 2 heterocycles. The molecule has 1 atom stereocenters. The molecular weight excluding hydrogens is 264 g/mol. The molecule has 1 aliphatic rings. The van der Waals surface area contributed by atoms with Gasteiger partial charge in [0, 0.05) is 37.6 Å². The maximum atomic E-state index is 4.81. The van der Waals surface area contributed by atoms with Crippen LogP contribution >= 0.6 is 0 Å². The molecule has 1 saturated heterocycles. The van der Waals surface area contributed by atoms with E-state index < -0.39 is 0 Å². The Morgan fingerprint density at radius 1 is 1.33 bits per heavy atom. The average molecular weight is 286 g/mol. The fraction of sp³-hybridized carbons (Fsp3) is 0.500. The molecule has 1 fully saturated rings. The normalized spacial score (nSPS) is 22.3. The highest BCUT2D eigenvalue weighted by Crippen LogP contribution is 2.26. The monoisotopic (exact) mass is 286 g/mol. The van der Waals surface area contributed by atoms with Crippen LogP contribution in [0.5, 0.6) is 0 Å². The Kier molecular flexibility index (Phi) is 4.03. The van der Waals surface area contributed by atoms with Gasteiger partial charge in [-0.25, -0.2) is 0 Å². The SMILES string of the molecule is CC1(C)CN(CCc2ncon2)C(c2ccccc2)CN1. The summed E-state index contributed by atoms with van der Waals surface area (Å²) in [6, 6.07) is 11.1. The van der Waals surface area contributed by atoms with E-state index in [1.54, 1.807) is 0 Å². The van der Waals surface area contributed by atoms with Gasteiger partial charge in [0.25, 0.3) is 0 Å². The molecule has 21 heavy (non-hydrogen) atoms. The van der Waals surface area contributed by atoms with Gasteiger partial charge in [-0.05, 0) is 19.4 Å². The van der Waals surface area contributed by atoms with Gasteiger partial charge in [-0.15, -0.1) is 0 Å². The predicted molar refractivity (Wildman–Crippen MR) is 80.8 cm³/mol. The molecule has 0 radical (unpaired) electrons. The lowest BCUT2D eigenvalue weighted by Gasteiger charge is -2.44. The summed E-state index contributed by atoms with van der Waals surface area (Å²) < 4.78 is 4.81. The topological polar surface area (TPSA) is 54.2 Å². The van der Waals surface area contributed by atoms with Crippen molar-refractivity contribution in [3.8, 4) is 0 Å². The summed E-state index contributed by atoms with van der Waals surface area (Å²) in [5.41, 5.74) is 1.48. The van der Waals surface area contributed by atoms with Crippen molar-refractivity contribution in [1.82, 2.24) is 20.4 Å². The van der Waals surface area contributed by atoms with Crippen molar-refractivity contribution in [3.05, 3.63) is 48.1 Å². The zero-order valence-corrected chi connectivity index (χ0v) is 12.6. The first kappa shape index (κ1) is 14.2. The molecule has 0 aliphatic carbocycles. The van der Waals surface area contributed by atoms with E-state index in [2.05, 4.69) is 64.5 Å². The van der Waals surface area contributed by atoms with E-state index in [1.807, 2.05) is 0 Å². The van der Waals surface area contributed by atoms with Crippen molar-refractivity contribution in [2.75, 3.05) is 19.6 Å². The van der Waals surface area contributed by atoms with E-state index in [1.165, 1.54) is 12.0 Å². The van der Waals surface area contributed by atoms with Crippen molar-refractivity contribution in [1.29, 1.82) is 0 Å². The zero-order chi connectivity index (χ0) is 14.7. The Morgan fingerprint density at radius 3 is 2.86 bits per heavy atom. The second-order valence-electron chi connectivity index (χ2n) is 6.26. The van der Waals surface area contributed by atoms with Gasteiger partial charge in [-0.1, -0.05) is 35.5 Å². The molecule has 112 valence electrons. The van der Waals surface area contributed by atoms with Crippen LogP contribution in [0, 0.1) is 0 Å². The van der Waals surface area contributed by atoms with Gasteiger partial charge >= 0.3 is 0 Å². The second kappa shape index (κ2) is 5.95. The molecule has 0 bridgehead atoms. The van der Waals surface area contributed by atoms with E-state index in [0.717, 1.165) is 31.9 Å². The van der Waals surface area contributed by atoms with Gasteiger partial charge in [0.1, 0.15) is 0 Å². The zero-order valence-electron chi connectivity index (χ0n) is 12.6. The molecule has 1 N–H and O–H groups in total. The van der Waals surface area contributed by atoms with Crippen LogP contribution in [-0.2, 0) is 6.42 Å². The van der Waals surface area contributed by atoms with Crippen LogP contribution in [-0.4, -0.2) is 40.2 Å². The standard InChI is InChI=1S/C16H22N4O/c1-16(2)11-20(9-8-15-17-12-21-19-15)14(10-18-16)13-6-4-3-5-7-13/h3-7,12,14,18H,8-11H2,1-2H3. The van der Waals surface area contributed by atoms with E-state index in [4.69, 9.17) is 4.52 Å². The van der Waals surface area contributed by atoms with Gasteiger partial charge in [0.2, 0.25) is 6.39 Å². The van der Waals surface area contributed by atoms with Crippen molar-refractivity contribution in [2.24, 2.45) is 0 Å². The summed E-state index contributed by atoms with van der Waals surface area (Å²) in [7, 11) is 0. The highest BCUT2D eigenvalue weighted by Gasteiger charge is 2.33. The number of piperazine rings is 1. The molecule has 1 aromatic heterocycles. The molecular formula is C16H22N4O. The Balaban J connectivity index is 1.74. The molecule has 1 unspecified atom stereocenters. The van der Waals surface area contributed by atoms with E-state index >= 15 is 0 Å². The number of hydrogen-bond acceptors (Lipinski definition) is 5. The fourth-order valence-corrected chi connectivity index (χ4v) is 2.96. The Labute approximate surface area is 125 Å². The lowest BCUT2D eigenvalue weighted by molar-refractivity contribution is 0.0956. The van der Waals surface area contributed by atoms with Crippen LogP contribution in [0.4, 0.5) is 0 Å². The third-order valence-corrected chi connectivity index (χ3v) is 4.03. The van der Waals surface area contributed by atoms with Gasteiger partial charge in [-0.3, -0.25) is 4.90 Å². The van der Waals surface area contributed by atoms with Gasteiger partial charge in [-0.2, -0.15) is 4.98 Å². The molecule has 5 heteroatoms. The van der Waals surface area contributed by atoms with E-state index in [-0.39, 0.29) is 5.54 Å². The Bertz CT molecular complexity index is 553. The van der Waals surface area contributed by atoms with Gasteiger partial charge in [0.05, 0.1) is 0 Å². The maximum Gasteiger partial charge on any atom is 0.213 e. The summed E-state index contributed by atoms with van der Waals surface area (Å²) in [6.07, 6.45) is 2.21. The molecule has 0 amide bonds. The first-order valence-corrected chi connectivity index (χ1v) is 7.43. The van der Waals surface area contributed by atoms with Crippen LogP contribution < -0.4 is 5.32 Å². The third-order valence-electron chi connectivity index (χ3n) is 4.03. The van der Waals surface area contributed by atoms with Crippen molar-refractivity contribution >= 4 is 0 Å². The first-order chi connectivity index (χ1) is 10.1. The lowest BCUT2D eigenvalue weighted by atomic mass is 9.94. The largest absolute Gasteiger partial charge is 0.343 e. The van der Waals surface area contributed by atoms with Crippen molar-refractivity contribution in [3.63, 3.8) is 0 Å². The highest BCUT2D eigenvalue weighted by atomic mass is 16.5. The Hall–Kier alpha value is -1.72. The van der Waals surface area contributed by atoms with Crippen LogP contribution in [0.25, 0.3) is 0 Å². The van der Waals surface area contributed by atoms with Crippen LogP contribution in [0.1, 0.15) is 31.3 Å². The number of nitrogens with zero attached hydrogens (tertiary/aromatic N) is 3. The molecule has 1 aromatic carbocycles. The minimum atomic E-state index is 0.128. The summed E-state index contributed by atoms with van der Waals surface area (Å²) in [4.78, 5) is 6.63. The summed E-state index contributed by atoms with van der Waals surface area (Å²) in [5, 5.41) is 7.55. The smallest absolute Gasteiger partial charge is 0.213 e. The highest BCUT2D eigenvalue weighted by molar-refractivity contribution is 5.20. The van der Waals surface area contributed by atoms with Crippen molar-refractivity contribution < 1.29 is 4.52 Å². The fourth-order valence-electron chi connectivity index (χ4n) is 2.96. The minimum absolute atomic E-state index is 0.128. The molecule has 1 aliphatic heterocycles. The van der Waals surface area contributed by atoms with Crippen LogP contribution in [0.3, 0.4) is 0 Å². The molecule has 5 nitrogen and oxygen atoms in total. The number of hydrogen-bond donors (Lipinski definition) is 1. The molecule has 3 rings (SSSR count). The van der Waals surface area contributed by atoms with Crippen molar-refractivity contribution in [2.45, 2.75) is 31.8 Å². The lowest BCUT2D eigenvalue weighted by Crippen LogP contribution is -2.58. The quantitative estimate of drug-likeness (QED) is 0.932. The first-order valence-electron chi connectivity index (χ1n) is 7.43. The van der Waals surface area contributed by atoms with E-state index in [0.29, 0.717) is 6.04 Å². The second-order valence-corrected chi connectivity index (χ2v) is 6.26. The Morgan fingerprint density at radius 2 is 2.14 bits per heavy atom. The van der Waals surface area contributed by atoms with E-state index in [9.17, 15) is 0 Å². The van der Waals surface area contributed by atoms with Crippen LogP contribution in [0.15, 0.2) is 41.2 Å². The predicted octanol–water partition coefficient (Wildman–Crippen LogP) is 2.04. The minimum Gasteiger partial charge on any atom is -0.343 e. The van der Waals surface area contributed by atoms with Crippen LogP contribution in [0.2, 0.25) is 0 Å². The number of nitrogens with one attached hydrogen (secondary N) is 1. The number of rotatable bonds is 4. The summed E-state index contributed by atoms with van der Waals surface area (Å²) in [5.74, 6) is 0.776. The van der Waals surface area contributed by atoms with Gasteiger partial charge < -0.3 is 9.84 Å². The third kappa shape index (κ3) is 3.49. The number of aromatic nitrogens is 2. The maximum absolute atomic E-state index is 4.81. The summed E-state index contributed by atoms with van der Waals surface area (Å²) >= 11 is 0. The average Bonchev–Trinajstić information content (AvgIpc) is 2.98. The molecule has 0 spiro atoms. The molecule has 2 aromatic rings. The number of benzene rings is 1. The molecule has 0 saturated carbocycles. The van der Waals surface area contributed by atoms with Gasteiger partial charge in [0.15, 0.2) is 5.82 Å².